The third-order valence-corrected chi connectivity index (χ3v) is 3.48. The zero-order valence-electron chi connectivity index (χ0n) is 11.4. The van der Waals surface area contributed by atoms with Gasteiger partial charge < -0.3 is 10.1 Å². The maximum Gasteiger partial charge on any atom is 0.333 e. The fraction of sp³-hybridized carbons (Fsp3) is 0.125. The second kappa shape index (κ2) is 7.04. The first-order valence-electron chi connectivity index (χ1n) is 6.31. The quantitative estimate of drug-likeness (QED) is 0.864. The molecule has 2 aromatic rings. The van der Waals surface area contributed by atoms with Gasteiger partial charge in [-0.15, -0.1) is 0 Å². The lowest BCUT2D eigenvalue weighted by Crippen LogP contribution is -2.34. The molecule has 0 heterocycles. The first-order chi connectivity index (χ1) is 10.1. The predicted molar refractivity (Wildman–Crippen MR) is 82.8 cm³/mol. The molecule has 0 bridgehead atoms. The van der Waals surface area contributed by atoms with E-state index >= 15 is 0 Å². The number of rotatable bonds is 4. The Kier molecular flexibility index (Phi) is 5.11. The Bertz CT molecular complexity index is 626. The van der Waals surface area contributed by atoms with Crippen LogP contribution in [0, 0.1) is 0 Å². The van der Waals surface area contributed by atoms with Gasteiger partial charge >= 0.3 is 5.97 Å². The molecular weight excluding hydrogens is 334 g/mol. The summed E-state index contributed by atoms with van der Waals surface area (Å²) < 4.78 is 5.64. The molecule has 0 saturated carbocycles. The van der Waals surface area contributed by atoms with Crippen molar-refractivity contribution in [1.82, 2.24) is 5.32 Å². The zero-order chi connectivity index (χ0) is 15.2. The second-order valence-electron chi connectivity index (χ2n) is 4.35. The van der Waals surface area contributed by atoms with Gasteiger partial charge in [0, 0.05) is 10.0 Å². The highest BCUT2D eigenvalue weighted by molar-refractivity contribution is 9.10. The minimum absolute atomic E-state index is 0.332. The first-order valence-corrected chi connectivity index (χ1v) is 7.10. The van der Waals surface area contributed by atoms with Crippen molar-refractivity contribution in [2.24, 2.45) is 0 Å². The number of benzene rings is 2. The third-order valence-electron chi connectivity index (χ3n) is 2.95. The monoisotopic (exact) mass is 347 g/mol. The molecule has 0 radical (unpaired) electrons. The van der Waals surface area contributed by atoms with Gasteiger partial charge in [0.05, 0.1) is 7.11 Å². The molecule has 1 amide bonds. The normalized spacial score (nSPS) is 11.5. The highest BCUT2D eigenvalue weighted by atomic mass is 79.9. The molecule has 0 fully saturated rings. The van der Waals surface area contributed by atoms with E-state index in [1.807, 2.05) is 6.07 Å². The van der Waals surface area contributed by atoms with Crippen LogP contribution < -0.4 is 5.32 Å². The van der Waals surface area contributed by atoms with E-state index in [2.05, 4.69) is 21.2 Å². The van der Waals surface area contributed by atoms with Crippen LogP contribution in [0.1, 0.15) is 22.0 Å². The highest BCUT2D eigenvalue weighted by Crippen LogP contribution is 2.16. The van der Waals surface area contributed by atoms with Crippen LogP contribution in [0.5, 0.6) is 0 Å². The van der Waals surface area contributed by atoms with Crippen molar-refractivity contribution in [3.8, 4) is 0 Å². The van der Waals surface area contributed by atoms with Gasteiger partial charge in [-0.2, -0.15) is 0 Å². The fourth-order valence-electron chi connectivity index (χ4n) is 1.86. The number of halogens is 1. The fourth-order valence-corrected chi connectivity index (χ4v) is 2.12. The third kappa shape index (κ3) is 3.92. The Morgan fingerprint density at radius 2 is 1.67 bits per heavy atom. The molecule has 108 valence electrons. The molecule has 21 heavy (non-hydrogen) atoms. The average molecular weight is 348 g/mol. The van der Waals surface area contributed by atoms with Crippen LogP contribution in [0.3, 0.4) is 0 Å². The van der Waals surface area contributed by atoms with Crippen LogP contribution in [0.2, 0.25) is 0 Å². The van der Waals surface area contributed by atoms with Gasteiger partial charge in [0.25, 0.3) is 5.91 Å². The Balaban J connectivity index is 2.21. The molecule has 1 unspecified atom stereocenters. The number of carbonyl (C=O) groups excluding carboxylic acids is 2. The van der Waals surface area contributed by atoms with Crippen LogP contribution in [0.4, 0.5) is 0 Å². The summed E-state index contributed by atoms with van der Waals surface area (Å²) in [5.74, 6) is -0.839. The number of nitrogens with one attached hydrogen (secondary N) is 1. The van der Waals surface area contributed by atoms with Crippen molar-refractivity contribution in [3.05, 3.63) is 70.2 Å². The molecule has 1 N–H and O–H groups in total. The van der Waals surface area contributed by atoms with Crippen molar-refractivity contribution >= 4 is 27.8 Å². The standard InChI is InChI=1S/C16H14BrNO3/c1-21-16(20)14(11-5-3-2-4-6-11)18-15(19)12-7-9-13(17)10-8-12/h2-10,14H,1H3,(H,18,19). The summed E-state index contributed by atoms with van der Waals surface area (Å²) in [4.78, 5) is 24.1. The first kappa shape index (κ1) is 15.3. The van der Waals surface area contributed by atoms with Crippen molar-refractivity contribution in [2.45, 2.75) is 6.04 Å². The minimum Gasteiger partial charge on any atom is -0.467 e. The molecule has 1 atom stereocenters. The number of carbonyl (C=O) groups is 2. The minimum atomic E-state index is -0.827. The summed E-state index contributed by atoms with van der Waals surface area (Å²) in [6.07, 6.45) is 0. The Morgan fingerprint density at radius 1 is 1.05 bits per heavy atom. The molecular formula is C16H14BrNO3. The van der Waals surface area contributed by atoms with Crippen molar-refractivity contribution < 1.29 is 14.3 Å². The summed E-state index contributed by atoms with van der Waals surface area (Å²) in [5.41, 5.74) is 1.15. The van der Waals surface area contributed by atoms with E-state index in [1.165, 1.54) is 7.11 Å². The number of methoxy groups -OCH3 is 1. The lowest BCUT2D eigenvalue weighted by molar-refractivity contribution is -0.143. The van der Waals surface area contributed by atoms with Gasteiger partial charge in [0.2, 0.25) is 0 Å². The van der Waals surface area contributed by atoms with Crippen LogP contribution in [0.15, 0.2) is 59.1 Å². The van der Waals surface area contributed by atoms with Gasteiger partial charge in [-0.1, -0.05) is 46.3 Å². The van der Waals surface area contributed by atoms with Crippen LogP contribution in [0.25, 0.3) is 0 Å². The molecule has 0 spiro atoms. The molecule has 5 heteroatoms. The van der Waals surface area contributed by atoms with E-state index in [0.717, 1.165) is 4.47 Å². The largest absolute Gasteiger partial charge is 0.467 e. The Hall–Kier alpha value is -2.14. The van der Waals surface area contributed by atoms with Gasteiger partial charge in [0.15, 0.2) is 6.04 Å². The summed E-state index contributed by atoms with van der Waals surface area (Å²) in [5, 5.41) is 2.69. The number of amides is 1. The maximum absolute atomic E-state index is 12.2. The molecule has 0 aliphatic carbocycles. The van der Waals surface area contributed by atoms with Crippen molar-refractivity contribution in [2.75, 3.05) is 7.11 Å². The summed E-state index contributed by atoms with van der Waals surface area (Å²) in [6.45, 7) is 0. The number of ether oxygens (including phenoxy) is 1. The molecule has 0 saturated heterocycles. The van der Waals surface area contributed by atoms with E-state index in [-0.39, 0.29) is 5.91 Å². The SMILES string of the molecule is COC(=O)C(NC(=O)c1ccc(Br)cc1)c1ccccc1. The van der Waals surface area contributed by atoms with E-state index in [4.69, 9.17) is 4.74 Å². The van der Waals surface area contributed by atoms with E-state index in [0.29, 0.717) is 11.1 Å². The Labute approximate surface area is 131 Å². The second-order valence-corrected chi connectivity index (χ2v) is 5.26. The van der Waals surface area contributed by atoms with Crippen molar-refractivity contribution in [3.63, 3.8) is 0 Å². The van der Waals surface area contributed by atoms with Crippen LogP contribution >= 0.6 is 15.9 Å². The molecule has 4 nitrogen and oxygen atoms in total. The van der Waals surface area contributed by atoms with Gasteiger partial charge in [0.1, 0.15) is 0 Å². The molecule has 0 aromatic heterocycles. The summed E-state index contributed by atoms with van der Waals surface area (Å²) in [7, 11) is 1.30. The highest BCUT2D eigenvalue weighted by Gasteiger charge is 2.23. The van der Waals surface area contributed by atoms with Crippen molar-refractivity contribution in [1.29, 1.82) is 0 Å². The predicted octanol–water partition coefficient (Wildman–Crippen LogP) is 3.09. The number of hydrogen-bond acceptors (Lipinski definition) is 3. The lowest BCUT2D eigenvalue weighted by atomic mass is 10.1. The van der Waals surface area contributed by atoms with E-state index in [9.17, 15) is 9.59 Å². The van der Waals surface area contributed by atoms with Crippen LogP contribution in [-0.4, -0.2) is 19.0 Å². The molecule has 0 aliphatic rings. The molecule has 2 aromatic carbocycles. The maximum atomic E-state index is 12.2. The number of hydrogen-bond donors (Lipinski definition) is 1. The number of esters is 1. The summed E-state index contributed by atoms with van der Waals surface area (Å²) in [6, 6.07) is 15.1. The van der Waals surface area contributed by atoms with E-state index < -0.39 is 12.0 Å². The van der Waals surface area contributed by atoms with Gasteiger partial charge in [-0.3, -0.25) is 4.79 Å². The Morgan fingerprint density at radius 3 is 2.24 bits per heavy atom. The van der Waals surface area contributed by atoms with Gasteiger partial charge in [-0.25, -0.2) is 4.79 Å². The summed E-state index contributed by atoms with van der Waals surface area (Å²) >= 11 is 3.31. The average Bonchev–Trinajstić information content (AvgIpc) is 2.53. The molecule has 0 aliphatic heterocycles. The van der Waals surface area contributed by atoms with Gasteiger partial charge in [-0.05, 0) is 29.8 Å². The topological polar surface area (TPSA) is 55.4 Å². The zero-order valence-corrected chi connectivity index (χ0v) is 13.0. The lowest BCUT2D eigenvalue weighted by Gasteiger charge is -2.17. The molecule has 2 rings (SSSR count). The van der Waals surface area contributed by atoms with Crippen LogP contribution in [-0.2, 0) is 9.53 Å². The van der Waals surface area contributed by atoms with E-state index in [1.54, 1.807) is 48.5 Å². The smallest absolute Gasteiger partial charge is 0.333 e.